The fourth-order valence-corrected chi connectivity index (χ4v) is 3.86. The van der Waals surface area contributed by atoms with E-state index in [0.29, 0.717) is 26.5 Å². The molecule has 6 heteroatoms. The fourth-order valence-electron chi connectivity index (χ4n) is 3.40. The van der Waals surface area contributed by atoms with Crippen LogP contribution in [0.3, 0.4) is 0 Å². The van der Waals surface area contributed by atoms with E-state index in [9.17, 15) is 4.79 Å². The lowest BCUT2D eigenvalue weighted by Crippen LogP contribution is -2.33. The molecule has 1 heterocycles. The Hall–Kier alpha value is -1.96. The minimum absolute atomic E-state index is 0.0868. The maximum absolute atomic E-state index is 12.8. The molecule has 1 atom stereocenters. The van der Waals surface area contributed by atoms with Crippen LogP contribution in [0, 0.1) is 11.3 Å². The number of rotatable bonds is 5. The van der Waals surface area contributed by atoms with Gasteiger partial charge in [0.15, 0.2) is 0 Å². The number of carbonyl (C=O) groups is 1. The zero-order valence-electron chi connectivity index (χ0n) is 13.8. The molecule has 1 aromatic heterocycles. The molecule has 2 aromatic rings. The van der Waals surface area contributed by atoms with Gasteiger partial charge in [-0.1, -0.05) is 18.9 Å². The van der Waals surface area contributed by atoms with Gasteiger partial charge in [0.05, 0.1) is 11.7 Å². The molecule has 4 N–H and O–H groups in total. The molecule has 3 rings (SSSR count). The van der Waals surface area contributed by atoms with E-state index in [4.69, 9.17) is 11.1 Å². The van der Waals surface area contributed by atoms with Crippen LogP contribution in [-0.4, -0.2) is 14.6 Å². The molecule has 1 aromatic carbocycles. The maximum Gasteiger partial charge on any atom is 0.251 e. The van der Waals surface area contributed by atoms with Gasteiger partial charge in [0.25, 0.3) is 5.91 Å². The van der Waals surface area contributed by atoms with Crippen molar-refractivity contribution in [2.75, 3.05) is 5.73 Å². The summed E-state index contributed by atoms with van der Waals surface area (Å²) in [5.41, 5.74) is 8.41. The predicted molar refractivity (Wildman–Crippen MR) is 108 cm³/mol. The highest BCUT2D eigenvalue weighted by atomic mass is 127. The quantitative estimate of drug-likeness (QED) is 0.366. The summed E-state index contributed by atoms with van der Waals surface area (Å²) in [4.78, 5) is 17.3. The summed E-state index contributed by atoms with van der Waals surface area (Å²) < 4.78 is 0.321. The Morgan fingerprint density at radius 3 is 2.68 bits per heavy atom. The van der Waals surface area contributed by atoms with E-state index >= 15 is 0 Å². The lowest BCUT2D eigenvalue weighted by atomic mass is 9.94. The highest BCUT2D eigenvalue weighted by Crippen LogP contribution is 2.35. The summed E-state index contributed by atoms with van der Waals surface area (Å²) in [6.07, 6.45) is 6.37. The van der Waals surface area contributed by atoms with Crippen molar-refractivity contribution < 1.29 is 4.79 Å². The number of halogens is 1. The van der Waals surface area contributed by atoms with Gasteiger partial charge in [0, 0.05) is 23.0 Å². The molecule has 1 amide bonds. The Labute approximate surface area is 161 Å². The Bertz CT molecular complexity index is 772. The van der Waals surface area contributed by atoms with E-state index in [1.165, 1.54) is 12.8 Å². The zero-order valence-corrected chi connectivity index (χ0v) is 16.0. The predicted octanol–water partition coefficient (Wildman–Crippen LogP) is 4.09. The number of pyridine rings is 1. The number of aromatic nitrogens is 1. The minimum Gasteiger partial charge on any atom is -0.398 e. The standard InChI is InChI=1S/C19H21IN4O/c20-18(22)14-11-13(8-9-15(14)21)19(25)24-17(12-5-1-2-6-12)16-7-3-4-10-23-16/h3-4,7-12,17,22H,1-2,5-6,21H2,(H,24,25)/t17-/m0/s1. The van der Waals surface area contributed by atoms with Gasteiger partial charge in [-0.25, -0.2) is 0 Å². The molecule has 0 radical (unpaired) electrons. The number of nitrogens with one attached hydrogen (secondary N) is 2. The molecule has 0 aliphatic heterocycles. The third kappa shape index (κ3) is 4.18. The first kappa shape index (κ1) is 17.8. The number of hydrogen-bond acceptors (Lipinski definition) is 4. The van der Waals surface area contributed by atoms with E-state index in [0.717, 1.165) is 18.5 Å². The topological polar surface area (TPSA) is 91.9 Å². The summed E-state index contributed by atoms with van der Waals surface area (Å²) >= 11 is 1.90. The number of nitrogens with zero attached hydrogens (tertiary/aromatic N) is 1. The first-order valence-electron chi connectivity index (χ1n) is 8.42. The Kier molecular flexibility index (Phi) is 5.67. The van der Waals surface area contributed by atoms with Crippen LogP contribution < -0.4 is 11.1 Å². The average Bonchev–Trinajstić information content (AvgIpc) is 3.14. The van der Waals surface area contributed by atoms with Crippen LogP contribution in [0.1, 0.15) is 53.3 Å². The smallest absolute Gasteiger partial charge is 0.251 e. The summed E-state index contributed by atoms with van der Waals surface area (Å²) in [5, 5.41) is 11.0. The van der Waals surface area contributed by atoms with Crippen molar-refractivity contribution in [3.63, 3.8) is 0 Å². The van der Waals surface area contributed by atoms with Crippen LogP contribution in [0.15, 0.2) is 42.6 Å². The zero-order chi connectivity index (χ0) is 17.8. The third-order valence-electron chi connectivity index (χ3n) is 4.72. The van der Waals surface area contributed by atoms with Crippen molar-refractivity contribution in [2.24, 2.45) is 5.92 Å². The average molecular weight is 448 g/mol. The first-order chi connectivity index (χ1) is 12.1. The number of anilines is 1. The van der Waals surface area contributed by atoms with Gasteiger partial charge < -0.3 is 11.1 Å². The molecule has 5 nitrogen and oxygen atoms in total. The normalized spacial score (nSPS) is 15.7. The van der Waals surface area contributed by atoms with E-state index in [2.05, 4.69) is 10.3 Å². The largest absolute Gasteiger partial charge is 0.398 e. The molecule has 1 fully saturated rings. The number of carbonyl (C=O) groups excluding carboxylic acids is 1. The monoisotopic (exact) mass is 448 g/mol. The van der Waals surface area contributed by atoms with Crippen LogP contribution in [-0.2, 0) is 0 Å². The van der Waals surface area contributed by atoms with Crippen molar-refractivity contribution in [2.45, 2.75) is 31.7 Å². The van der Waals surface area contributed by atoms with Gasteiger partial charge in [-0.3, -0.25) is 15.2 Å². The Morgan fingerprint density at radius 2 is 2.04 bits per heavy atom. The molecular formula is C19H21IN4O. The highest BCUT2D eigenvalue weighted by Gasteiger charge is 2.29. The van der Waals surface area contributed by atoms with E-state index in [1.807, 2.05) is 40.8 Å². The Morgan fingerprint density at radius 1 is 1.28 bits per heavy atom. The van der Waals surface area contributed by atoms with Crippen molar-refractivity contribution in [3.8, 4) is 0 Å². The lowest BCUT2D eigenvalue weighted by Gasteiger charge is -2.24. The van der Waals surface area contributed by atoms with Gasteiger partial charge in [0.2, 0.25) is 0 Å². The minimum atomic E-state index is -0.151. The molecule has 1 aliphatic carbocycles. The SMILES string of the molecule is N=C(I)c1cc(C(=O)N[C@H](c2ccccn2)C2CCCC2)ccc1N. The maximum atomic E-state index is 12.8. The van der Waals surface area contributed by atoms with Crippen molar-refractivity contribution in [1.29, 1.82) is 5.41 Å². The van der Waals surface area contributed by atoms with Crippen LogP contribution in [0.4, 0.5) is 5.69 Å². The lowest BCUT2D eigenvalue weighted by molar-refractivity contribution is 0.0920. The molecule has 0 bridgehead atoms. The van der Waals surface area contributed by atoms with Crippen LogP contribution in [0.25, 0.3) is 0 Å². The van der Waals surface area contributed by atoms with Gasteiger partial charge in [0.1, 0.15) is 3.72 Å². The fraction of sp³-hybridized carbons (Fsp3) is 0.316. The molecular weight excluding hydrogens is 427 g/mol. The number of nitrogens with two attached hydrogens (primary N) is 1. The van der Waals surface area contributed by atoms with E-state index < -0.39 is 0 Å². The van der Waals surface area contributed by atoms with E-state index in [-0.39, 0.29) is 11.9 Å². The summed E-state index contributed by atoms with van der Waals surface area (Å²) in [5.74, 6) is 0.261. The number of hydrogen-bond donors (Lipinski definition) is 3. The van der Waals surface area contributed by atoms with Crippen LogP contribution in [0.5, 0.6) is 0 Å². The first-order valence-corrected chi connectivity index (χ1v) is 9.50. The molecule has 0 saturated heterocycles. The van der Waals surface area contributed by atoms with Gasteiger partial charge in [-0.05, 0) is 71.7 Å². The second-order valence-electron chi connectivity index (χ2n) is 6.37. The summed E-state index contributed by atoms with van der Waals surface area (Å²) in [6, 6.07) is 10.8. The number of nitrogen functional groups attached to an aromatic ring is 1. The van der Waals surface area contributed by atoms with Crippen LogP contribution >= 0.6 is 22.6 Å². The highest BCUT2D eigenvalue weighted by molar-refractivity contribution is 14.1. The number of benzene rings is 1. The van der Waals surface area contributed by atoms with Crippen molar-refractivity contribution in [3.05, 3.63) is 59.4 Å². The van der Waals surface area contributed by atoms with Gasteiger partial charge in [-0.2, -0.15) is 0 Å². The summed E-state index contributed by atoms with van der Waals surface area (Å²) in [6.45, 7) is 0. The molecule has 25 heavy (non-hydrogen) atoms. The molecule has 1 saturated carbocycles. The summed E-state index contributed by atoms with van der Waals surface area (Å²) in [7, 11) is 0. The van der Waals surface area contributed by atoms with Crippen LogP contribution in [0.2, 0.25) is 0 Å². The molecule has 0 unspecified atom stereocenters. The second kappa shape index (κ2) is 7.95. The number of amides is 1. The molecule has 1 aliphatic rings. The third-order valence-corrected chi connectivity index (χ3v) is 5.30. The van der Waals surface area contributed by atoms with Gasteiger partial charge in [-0.15, -0.1) is 0 Å². The van der Waals surface area contributed by atoms with Crippen molar-refractivity contribution in [1.82, 2.24) is 10.3 Å². The van der Waals surface area contributed by atoms with Gasteiger partial charge >= 0.3 is 0 Å². The molecule has 130 valence electrons. The second-order valence-corrected chi connectivity index (χ2v) is 7.45. The van der Waals surface area contributed by atoms with E-state index in [1.54, 1.807) is 24.4 Å². The Balaban J connectivity index is 1.85. The molecule has 0 spiro atoms. The van der Waals surface area contributed by atoms with Crippen molar-refractivity contribution >= 4 is 37.9 Å².